The summed E-state index contributed by atoms with van der Waals surface area (Å²) in [6.45, 7) is 2.05. The Hall–Kier alpha value is -0.500. The van der Waals surface area contributed by atoms with Crippen LogP contribution in [0.1, 0.15) is 6.92 Å². The first-order valence-electron chi connectivity index (χ1n) is 3.24. The van der Waals surface area contributed by atoms with E-state index >= 15 is 0 Å². The molecule has 1 nitrogen and oxygen atoms in total. The van der Waals surface area contributed by atoms with Gasteiger partial charge < -0.3 is 5.32 Å². The Kier molecular flexibility index (Phi) is 2.75. The van der Waals surface area contributed by atoms with Crippen LogP contribution in [0.5, 0.6) is 0 Å². The van der Waals surface area contributed by atoms with Crippen molar-refractivity contribution in [1.29, 1.82) is 0 Å². The lowest BCUT2D eigenvalue weighted by Crippen LogP contribution is -2.05. The topological polar surface area (TPSA) is 12.0 Å². The highest BCUT2D eigenvalue weighted by atomic mass is 79.9. The maximum Gasteiger partial charge on any atom is 0.0789 e. The zero-order chi connectivity index (χ0) is 7.40. The number of benzene rings is 1. The van der Waals surface area contributed by atoms with E-state index in [1.165, 1.54) is 0 Å². The largest absolute Gasteiger partial charge is 0.373 e. The van der Waals surface area contributed by atoms with E-state index in [2.05, 4.69) is 21.2 Å². The van der Waals surface area contributed by atoms with Gasteiger partial charge in [0.1, 0.15) is 0 Å². The maximum absolute atomic E-state index is 3.40. The Bertz CT molecular complexity index is 184. The second-order valence-corrected chi connectivity index (χ2v) is 3.50. The first kappa shape index (κ1) is 7.61. The van der Waals surface area contributed by atoms with Crippen LogP contribution in [-0.2, 0) is 0 Å². The normalized spacial score (nSPS) is 12.6. The molecule has 0 spiro atoms. The molecule has 0 aliphatic rings. The van der Waals surface area contributed by atoms with Gasteiger partial charge in [0.15, 0.2) is 0 Å². The van der Waals surface area contributed by atoms with E-state index in [-0.39, 0.29) is 0 Å². The molecule has 1 N–H and O–H groups in total. The van der Waals surface area contributed by atoms with Crippen molar-refractivity contribution < 1.29 is 0 Å². The van der Waals surface area contributed by atoms with Crippen LogP contribution in [0.3, 0.4) is 0 Å². The number of para-hydroxylation sites is 1. The molecule has 0 fully saturated rings. The molecule has 10 heavy (non-hydrogen) atoms. The minimum absolute atomic E-state index is 0.329. The molecule has 0 saturated carbocycles. The Balaban J connectivity index is 2.59. The third kappa shape index (κ3) is 2.40. The Morgan fingerprint density at radius 3 is 2.40 bits per heavy atom. The van der Waals surface area contributed by atoms with Crippen LogP contribution in [0, 0.1) is 0 Å². The molecule has 1 unspecified atom stereocenters. The summed E-state index contributed by atoms with van der Waals surface area (Å²) < 4.78 is 0. The van der Waals surface area contributed by atoms with Gasteiger partial charge in [-0.3, -0.25) is 0 Å². The highest BCUT2D eigenvalue weighted by Crippen LogP contribution is 2.08. The Labute approximate surface area is 69.6 Å². The van der Waals surface area contributed by atoms with Gasteiger partial charge in [-0.1, -0.05) is 34.1 Å². The summed E-state index contributed by atoms with van der Waals surface area (Å²) >= 11 is 3.40. The van der Waals surface area contributed by atoms with Crippen molar-refractivity contribution in [3.63, 3.8) is 0 Å². The number of nitrogens with one attached hydrogen (secondary N) is 1. The van der Waals surface area contributed by atoms with Crippen molar-refractivity contribution in [1.82, 2.24) is 0 Å². The Morgan fingerprint density at radius 1 is 1.30 bits per heavy atom. The molecule has 1 atom stereocenters. The van der Waals surface area contributed by atoms with Crippen molar-refractivity contribution in [3.8, 4) is 0 Å². The van der Waals surface area contributed by atoms with Gasteiger partial charge in [0.25, 0.3) is 0 Å². The van der Waals surface area contributed by atoms with E-state index in [9.17, 15) is 0 Å². The lowest BCUT2D eigenvalue weighted by molar-refractivity contribution is 1.15. The number of hydrogen-bond donors (Lipinski definition) is 1. The average molecular weight is 200 g/mol. The summed E-state index contributed by atoms with van der Waals surface area (Å²) in [6, 6.07) is 10.1. The molecule has 0 aliphatic heterocycles. The van der Waals surface area contributed by atoms with Crippen molar-refractivity contribution >= 4 is 21.6 Å². The summed E-state index contributed by atoms with van der Waals surface area (Å²) in [5, 5.41) is 3.22. The molecule has 54 valence electrons. The van der Waals surface area contributed by atoms with Gasteiger partial charge in [-0.05, 0) is 19.1 Å². The fourth-order valence-corrected chi connectivity index (χ4v) is 1.03. The number of halogens is 1. The lowest BCUT2D eigenvalue weighted by Gasteiger charge is -2.06. The Morgan fingerprint density at radius 2 is 1.90 bits per heavy atom. The van der Waals surface area contributed by atoms with E-state index in [0.717, 1.165) is 5.69 Å². The lowest BCUT2D eigenvalue weighted by atomic mass is 10.3. The number of hydrogen-bond acceptors (Lipinski definition) is 1. The van der Waals surface area contributed by atoms with Crippen LogP contribution < -0.4 is 5.32 Å². The van der Waals surface area contributed by atoms with E-state index in [0.29, 0.717) is 4.95 Å². The number of rotatable bonds is 2. The highest BCUT2D eigenvalue weighted by molar-refractivity contribution is 9.09. The smallest absolute Gasteiger partial charge is 0.0789 e. The second kappa shape index (κ2) is 3.62. The molecule has 0 saturated heterocycles. The molecule has 0 aromatic heterocycles. The third-order valence-electron chi connectivity index (χ3n) is 1.14. The number of alkyl halides is 1. The van der Waals surface area contributed by atoms with Gasteiger partial charge in [-0.25, -0.2) is 0 Å². The summed E-state index contributed by atoms with van der Waals surface area (Å²) in [7, 11) is 0. The molecule has 2 heteroatoms. The standard InChI is InChI=1S/C8H10BrN/c1-7(9)10-8-5-3-2-4-6-8/h2-7,10H,1H3. The summed E-state index contributed by atoms with van der Waals surface area (Å²) in [6.07, 6.45) is 0. The molecule has 0 bridgehead atoms. The van der Waals surface area contributed by atoms with Gasteiger partial charge in [0.05, 0.1) is 4.95 Å². The van der Waals surface area contributed by atoms with Crippen molar-refractivity contribution in [3.05, 3.63) is 30.3 Å². The van der Waals surface area contributed by atoms with Gasteiger partial charge in [0, 0.05) is 5.69 Å². The van der Waals surface area contributed by atoms with Crippen molar-refractivity contribution in [2.75, 3.05) is 5.32 Å². The zero-order valence-corrected chi connectivity index (χ0v) is 7.43. The van der Waals surface area contributed by atoms with Gasteiger partial charge in [-0.2, -0.15) is 0 Å². The molecule has 0 radical (unpaired) electrons. The van der Waals surface area contributed by atoms with Crippen LogP contribution in [0.25, 0.3) is 0 Å². The van der Waals surface area contributed by atoms with Crippen LogP contribution in [0.4, 0.5) is 5.69 Å². The second-order valence-electron chi connectivity index (χ2n) is 2.13. The monoisotopic (exact) mass is 199 g/mol. The molecule has 1 aromatic carbocycles. The predicted octanol–water partition coefficient (Wildman–Crippen LogP) is 2.84. The van der Waals surface area contributed by atoms with Crippen LogP contribution in [0.2, 0.25) is 0 Å². The minimum Gasteiger partial charge on any atom is -0.373 e. The van der Waals surface area contributed by atoms with Crippen molar-refractivity contribution in [2.24, 2.45) is 0 Å². The molecular formula is C8H10BrN. The molecule has 0 amide bonds. The number of anilines is 1. The van der Waals surface area contributed by atoms with E-state index in [1.807, 2.05) is 37.3 Å². The third-order valence-corrected chi connectivity index (χ3v) is 1.37. The minimum atomic E-state index is 0.329. The van der Waals surface area contributed by atoms with Gasteiger partial charge in [0.2, 0.25) is 0 Å². The SMILES string of the molecule is CC(Br)Nc1ccccc1. The average Bonchev–Trinajstić information content (AvgIpc) is 1.88. The molecular weight excluding hydrogens is 190 g/mol. The predicted molar refractivity (Wildman–Crippen MR) is 48.5 cm³/mol. The van der Waals surface area contributed by atoms with Crippen LogP contribution in [0.15, 0.2) is 30.3 Å². The van der Waals surface area contributed by atoms with Crippen LogP contribution in [-0.4, -0.2) is 4.95 Å². The molecule has 1 rings (SSSR count). The first-order chi connectivity index (χ1) is 4.79. The fourth-order valence-electron chi connectivity index (χ4n) is 0.764. The van der Waals surface area contributed by atoms with Crippen LogP contribution >= 0.6 is 15.9 Å². The quantitative estimate of drug-likeness (QED) is 0.571. The summed E-state index contributed by atoms with van der Waals surface area (Å²) in [4.78, 5) is 0.329. The molecule has 0 heterocycles. The van der Waals surface area contributed by atoms with Gasteiger partial charge >= 0.3 is 0 Å². The molecule has 0 aliphatic carbocycles. The first-order valence-corrected chi connectivity index (χ1v) is 4.16. The van der Waals surface area contributed by atoms with Gasteiger partial charge in [-0.15, -0.1) is 0 Å². The van der Waals surface area contributed by atoms with E-state index < -0.39 is 0 Å². The van der Waals surface area contributed by atoms with Crippen molar-refractivity contribution in [2.45, 2.75) is 11.9 Å². The fraction of sp³-hybridized carbons (Fsp3) is 0.250. The van der Waals surface area contributed by atoms with E-state index in [4.69, 9.17) is 0 Å². The van der Waals surface area contributed by atoms with E-state index in [1.54, 1.807) is 0 Å². The maximum atomic E-state index is 3.40. The highest BCUT2D eigenvalue weighted by Gasteiger charge is 1.92. The zero-order valence-electron chi connectivity index (χ0n) is 5.84. The summed E-state index contributed by atoms with van der Waals surface area (Å²) in [5.74, 6) is 0. The molecule has 1 aromatic rings. The summed E-state index contributed by atoms with van der Waals surface area (Å²) in [5.41, 5.74) is 1.15.